The minimum Gasteiger partial charge on any atom is -0.508 e. The number of nitrogens with zero attached hydrogens (tertiary/aromatic N) is 7. The number of nitrogens with two attached hydrogens (primary N) is 1. The van der Waals surface area contributed by atoms with Gasteiger partial charge >= 0.3 is 0 Å². The van der Waals surface area contributed by atoms with E-state index in [1.165, 1.54) is 6.33 Å². The Morgan fingerprint density at radius 3 is 2.67 bits per heavy atom. The first kappa shape index (κ1) is 32.2. The first-order valence-corrected chi connectivity index (χ1v) is 16.2. The molecular formula is C36H33ClN8O4. The number of phenols is 1. The zero-order valence-electron chi connectivity index (χ0n) is 26.5. The standard InChI is InChI=1S/C36H33ClN8O4/c37-28-11-2-1-6-26(28)21-44-30(22-45-35-32(34(38)39-23-40-35)33(42-45)25-8-3-10-27(46)20-25)41-29-12-4-7-24(31(29)36(44)47)9-5-16-48-17-13-43-14-18-49-19-15-43/h1-4,6-8,10-12,20,23,46H,13-19,21-22H2,(H2,38,39,40). The summed E-state index contributed by atoms with van der Waals surface area (Å²) in [7, 11) is 0. The van der Waals surface area contributed by atoms with Gasteiger partial charge in [0, 0.05) is 35.8 Å². The molecule has 13 heteroatoms. The van der Waals surface area contributed by atoms with Gasteiger partial charge in [0.05, 0.1) is 42.7 Å². The van der Waals surface area contributed by atoms with E-state index in [1.807, 2.05) is 36.4 Å². The minimum absolute atomic E-state index is 0.0777. The lowest BCUT2D eigenvalue weighted by atomic mass is 10.1. The van der Waals surface area contributed by atoms with Gasteiger partial charge in [-0.25, -0.2) is 19.6 Å². The molecule has 0 radical (unpaired) electrons. The number of rotatable bonds is 9. The largest absolute Gasteiger partial charge is 0.508 e. The molecule has 3 N–H and O–H groups in total. The Labute approximate surface area is 286 Å². The molecule has 0 saturated carbocycles. The Balaban J connectivity index is 1.27. The maximum Gasteiger partial charge on any atom is 0.263 e. The van der Waals surface area contributed by atoms with Gasteiger partial charge in [0.2, 0.25) is 0 Å². The molecule has 0 bridgehead atoms. The molecule has 6 aromatic rings. The second-order valence-electron chi connectivity index (χ2n) is 11.5. The molecule has 4 heterocycles. The maximum atomic E-state index is 14.4. The number of hydrogen-bond donors (Lipinski definition) is 2. The molecule has 0 aliphatic carbocycles. The first-order chi connectivity index (χ1) is 24.0. The zero-order chi connectivity index (χ0) is 33.7. The van der Waals surface area contributed by atoms with Crippen molar-refractivity contribution in [2.45, 2.75) is 13.1 Å². The van der Waals surface area contributed by atoms with Crippen LogP contribution in [0.15, 0.2) is 77.9 Å². The van der Waals surface area contributed by atoms with Crippen LogP contribution in [0.4, 0.5) is 5.82 Å². The number of benzene rings is 3. The lowest BCUT2D eigenvalue weighted by molar-refractivity contribution is 0.0238. The van der Waals surface area contributed by atoms with Crippen molar-refractivity contribution in [3.05, 3.63) is 105 Å². The average Bonchev–Trinajstić information content (AvgIpc) is 3.48. The molecule has 0 atom stereocenters. The third-order valence-electron chi connectivity index (χ3n) is 8.37. The number of aromatic hydroxyl groups is 1. The van der Waals surface area contributed by atoms with Crippen LogP contribution in [0.3, 0.4) is 0 Å². The number of halogens is 1. The Hall–Kier alpha value is -5.32. The number of nitrogen functional groups attached to an aromatic ring is 1. The smallest absolute Gasteiger partial charge is 0.263 e. The van der Waals surface area contributed by atoms with Crippen molar-refractivity contribution in [1.82, 2.24) is 34.2 Å². The fourth-order valence-corrected chi connectivity index (χ4v) is 6.09. The van der Waals surface area contributed by atoms with E-state index in [-0.39, 0.29) is 36.8 Å². The zero-order valence-corrected chi connectivity index (χ0v) is 27.3. The van der Waals surface area contributed by atoms with Crippen LogP contribution in [0.2, 0.25) is 5.02 Å². The molecule has 7 rings (SSSR count). The summed E-state index contributed by atoms with van der Waals surface area (Å²) in [4.78, 5) is 30.4. The van der Waals surface area contributed by atoms with Crippen LogP contribution in [0.1, 0.15) is 17.0 Å². The van der Waals surface area contributed by atoms with Crippen LogP contribution in [0.25, 0.3) is 33.2 Å². The molecule has 0 amide bonds. The van der Waals surface area contributed by atoms with E-state index in [1.54, 1.807) is 39.6 Å². The molecular weight excluding hydrogens is 644 g/mol. The highest BCUT2D eigenvalue weighted by Gasteiger charge is 2.21. The second kappa shape index (κ2) is 14.4. The van der Waals surface area contributed by atoms with Crippen LogP contribution < -0.4 is 11.3 Å². The van der Waals surface area contributed by atoms with Crippen molar-refractivity contribution in [2.24, 2.45) is 0 Å². The molecule has 1 fully saturated rings. The van der Waals surface area contributed by atoms with Crippen LogP contribution in [0, 0.1) is 11.8 Å². The third kappa shape index (κ3) is 6.97. The average molecular weight is 677 g/mol. The number of aromatic nitrogens is 6. The van der Waals surface area contributed by atoms with Gasteiger partial charge in [0.15, 0.2) is 5.65 Å². The summed E-state index contributed by atoms with van der Waals surface area (Å²) >= 11 is 6.58. The summed E-state index contributed by atoms with van der Waals surface area (Å²) in [5.74, 6) is 6.96. The molecule has 3 aromatic heterocycles. The van der Waals surface area contributed by atoms with E-state index in [9.17, 15) is 9.90 Å². The Morgan fingerprint density at radius 1 is 1.00 bits per heavy atom. The SMILES string of the molecule is Nc1ncnc2c1c(-c1cccc(O)c1)nn2Cc1nc2cccc(C#CCOCCN3CCOCC3)c2c(=O)n1Cc1ccccc1Cl. The van der Waals surface area contributed by atoms with Gasteiger partial charge < -0.3 is 20.3 Å². The lowest BCUT2D eigenvalue weighted by Gasteiger charge is -2.26. The predicted octanol–water partition coefficient (Wildman–Crippen LogP) is 3.94. The van der Waals surface area contributed by atoms with Gasteiger partial charge in [0.1, 0.15) is 42.6 Å². The molecule has 1 aliphatic heterocycles. The fourth-order valence-electron chi connectivity index (χ4n) is 5.90. The van der Waals surface area contributed by atoms with Crippen LogP contribution in [-0.2, 0) is 22.6 Å². The summed E-state index contributed by atoms with van der Waals surface area (Å²) in [6, 6.07) is 19.5. The highest BCUT2D eigenvalue weighted by molar-refractivity contribution is 6.31. The molecule has 0 spiro atoms. The van der Waals surface area contributed by atoms with Crippen molar-refractivity contribution in [3.8, 4) is 28.8 Å². The van der Waals surface area contributed by atoms with Gasteiger partial charge in [-0.1, -0.05) is 59.8 Å². The number of morpholine rings is 1. The molecule has 0 unspecified atom stereocenters. The quantitative estimate of drug-likeness (QED) is 0.171. The summed E-state index contributed by atoms with van der Waals surface area (Å²) in [5, 5.41) is 16.5. The number of ether oxygens (including phenoxy) is 2. The van der Waals surface area contributed by atoms with Gasteiger partial charge in [-0.05, 0) is 35.9 Å². The van der Waals surface area contributed by atoms with Gasteiger partial charge in [0.25, 0.3) is 5.56 Å². The molecule has 49 heavy (non-hydrogen) atoms. The third-order valence-corrected chi connectivity index (χ3v) is 8.74. The highest BCUT2D eigenvalue weighted by Crippen LogP contribution is 2.32. The van der Waals surface area contributed by atoms with Gasteiger partial charge in [-0.15, -0.1) is 0 Å². The second-order valence-corrected chi connectivity index (χ2v) is 11.9. The molecule has 12 nitrogen and oxygen atoms in total. The van der Waals surface area contributed by atoms with Gasteiger partial charge in [-0.2, -0.15) is 5.10 Å². The normalized spacial score (nSPS) is 13.5. The number of anilines is 1. The topological polar surface area (TPSA) is 146 Å². The number of fused-ring (bicyclic) bond motifs is 2. The summed E-state index contributed by atoms with van der Waals surface area (Å²) < 4.78 is 14.4. The van der Waals surface area contributed by atoms with Crippen molar-refractivity contribution in [3.63, 3.8) is 0 Å². The summed E-state index contributed by atoms with van der Waals surface area (Å²) in [6.07, 6.45) is 1.37. The molecule has 1 aliphatic rings. The minimum atomic E-state index is -0.267. The monoisotopic (exact) mass is 676 g/mol. The van der Waals surface area contributed by atoms with Crippen LogP contribution in [-0.4, -0.2) is 85.4 Å². The first-order valence-electron chi connectivity index (χ1n) is 15.8. The Morgan fingerprint density at radius 2 is 1.84 bits per heavy atom. The summed E-state index contributed by atoms with van der Waals surface area (Å²) in [5.41, 5.74) is 9.45. The Kier molecular flexibility index (Phi) is 9.49. The lowest BCUT2D eigenvalue weighted by Crippen LogP contribution is -2.38. The molecule has 3 aromatic carbocycles. The predicted molar refractivity (Wildman–Crippen MR) is 187 cm³/mol. The number of phenolic OH excluding ortho intramolecular Hbond substituents is 1. The van der Waals surface area contributed by atoms with Crippen molar-refractivity contribution >= 4 is 39.4 Å². The molecule has 248 valence electrons. The van der Waals surface area contributed by atoms with Gasteiger partial charge in [-0.3, -0.25) is 14.3 Å². The highest BCUT2D eigenvalue weighted by atomic mass is 35.5. The number of hydrogen-bond acceptors (Lipinski definition) is 10. The van der Waals surface area contributed by atoms with E-state index < -0.39 is 0 Å². The van der Waals surface area contributed by atoms with Crippen molar-refractivity contribution in [1.29, 1.82) is 0 Å². The fraction of sp³-hybridized carbons (Fsp3) is 0.250. The van der Waals surface area contributed by atoms with E-state index in [0.717, 1.165) is 38.4 Å². The Bertz CT molecular complexity index is 2270. The van der Waals surface area contributed by atoms with E-state index >= 15 is 0 Å². The van der Waals surface area contributed by atoms with E-state index in [0.29, 0.717) is 56.2 Å². The van der Waals surface area contributed by atoms with Crippen molar-refractivity contribution < 1.29 is 14.6 Å². The van der Waals surface area contributed by atoms with Crippen molar-refractivity contribution in [2.75, 3.05) is 51.8 Å². The van der Waals surface area contributed by atoms with E-state index in [2.05, 4.69) is 26.7 Å². The van der Waals surface area contributed by atoms with Crippen LogP contribution in [0.5, 0.6) is 5.75 Å². The van der Waals surface area contributed by atoms with E-state index in [4.69, 9.17) is 36.9 Å². The molecule has 1 saturated heterocycles. The summed E-state index contributed by atoms with van der Waals surface area (Å²) in [6.45, 7) is 5.14. The maximum absolute atomic E-state index is 14.4. The van der Waals surface area contributed by atoms with Crippen LogP contribution >= 0.6 is 11.6 Å².